The minimum atomic E-state index is -0.378. The zero-order valence-electron chi connectivity index (χ0n) is 9.14. The van der Waals surface area contributed by atoms with Crippen LogP contribution in [-0.2, 0) is 19.1 Å². The lowest BCUT2D eigenvalue weighted by atomic mass is 9.88. The van der Waals surface area contributed by atoms with Crippen LogP contribution in [0.2, 0.25) is 0 Å². The van der Waals surface area contributed by atoms with Crippen molar-refractivity contribution in [1.82, 2.24) is 0 Å². The minimum Gasteiger partial charge on any atom is -0.458 e. The Hall–Kier alpha value is -1.32. The molecule has 2 bridgehead atoms. The number of carbonyl (C=O) groups is 2. The van der Waals surface area contributed by atoms with Gasteiger partial charge >= 0.3 is 11.9 Å². The maximum atomic E-state index is 11.5. The van der Waals surface area contributed by atoms with E-state index in [9.17, 15) is 9.59 Å². The summed E-state index contributed by atoms with van der Waals surface area (Å²) >= 11 is 0. The van der Waals surface area contributed by atoms with Gasteiger partial charge in [-0.2, -0.15) is 0 Å². The number of fused-ring (bicyclic) bond motifs is 1. The van der Waals surface area contributed by atoms with Gasteiger partial charge in [0.2, 0.25) is 0 Å². The second kappa shape index (κ2) is 3.09. The fraction of sp³-hybridized carbons (Fsp3) is 0.667. The highest BCUT2D eigenvalue weighted by Crippen LogP contribution is 2.55. The van der Waals surface area contributed by atoms with Crippen LogP contribution in [0.25, 0.3) is 0 Å². The van der Waals surface area contributed by atoms with Crippen molar-refractivity contribution >= 4 is 11.9 Å². The molecule has 5 atom stereocenters. The van der Waals surface area contributed by atoms with Gasteiger partial charge < -0.3 is 9.47 Å². The third-order valence-electron chi connectivity index (χ3n) is 4.01. The van der Waals surface area contributed by atoms with Gasteiger partial charge in [0.25, 0.3) is 0 Å². The Balaban J connectivity index is 1.77. The number of hydrogen-bond acceptors (Lipinski definition) is 4. The van der Waals surface area contributed by atoms with Gasteiger partial charge in [0.15, 0.2) is 0 Å². The molecular formula is C12H14O4. The maximum absolute atomic E-state index is 11.5. The topological polar surface area (TPSA) is 52.6 Å². The van der Waals surface area contributed by atoms with E-state index in [0.717, 1.165) is 12.8 Å². The zero-order chi connectivity index (χ0) is 11.4. The first-order valence-electron chi connectivity index (χ1n) is 5.65. The molecule has 0 amide bonds. The third-order valence-corrected chi connectivity index (χ3v) is 4.01. The summed E-state index contributed by atoms with van der Waals surface area (Å²) in [7, 11) is 0. The highest BCUT2D eigenvalue weighted by molar-refractivity contribution is 5.87. The molecule has 0 aromatic heterocycles. The van der Waals surface area contributed by atoms with E-state index in [1.165, 1.54) is 0 Å². The Kier molecular flexibility index (Phi) is 1.91. The van der Waals surface area contributed by atoms with E-state index < -0.39 is 0 Å². The Morgan fingerprint density at radius 3 is 2.94 bits per heavy atom. The number of esters is 2. The lowest BCUT2D eigenvalue weighted by molar-refractivity contribution is -0.158. The van der Waals surface area contributed by atoms with Gasteiger partial charge in [-0.3, -0.25) is 4.79 Å². The Morgan fingerprint density at radius 2 is 2.25 bits per heavy atom. The van der Waals surface area contributed by atoms with Crippen LogP contribution >= 0.6 is 0 Å². The van der Waals surface area contributed by atoms with Crippen LogP contribution in [0.1, 0.15) is 19.8 Å². The largest absolute Gasteiger partial charge is 0.458 e. The van der Waals surface area contributed by atoms with Crippen LogP contribution in [0.4, 0.5) is 0 Å². The summed E-state index contributed by atoms with van der Waals surface area (Å²) in [5, 5.41) is 0. The number of carbonyl (C=O) groups excluding carboxylic acids is 2. The first-order chi connectivity index (χ1) is 7.58. The normalized spacial score (nSPS) is 43.3. The Bertz CT molecular complexity index is 386. The van der Waals surface area contributed by atoms with E-state index in [4.69, 9.17) is 9.47 Å². The lowest BCUT2D eigenvalue weighted by Gasteiger charge is -2.25. The molecule has 0 aromatic carbocycles. The average molecular weight is 222 g/mol. The molecule has 16 heavy (non-hydrogen) atoms. The molecule has 0 N–H and O–H groups in total. The van der Waals surface area contributed by atoms with Gasteiger partial charge in [-0.25, -0.2) is 4.79 Å². The summed E-state index contributed by atoms with van der Waals surface area (Å²) in [6.07, 6.45) is 1.33. The number of hydrogen-bond donors (Lipinski definition) is 0. The molecular weight excluding hydrogens is 208 g/mol. The smallest absolute Gasteiger partial charge is 0.333 e. The molecule has 0 radical (unpaired) electrons. The molecule has 1 heterocycles. The molecule has 1 aliphatic heterocycles. The van der Waals surface area contributed by atoms with Crippen LogP contribution in [0.3, 0.4) is 0 Å². The van der Waals surface area contributed by atoms with Crippen LogP contribution < -0.4 is 0 Å². The maximum Gasteiger partial charge on any atom is 0.333 e. The zero-order valence-corrected chi connectivity index (χ0v) is 9.14. The second-order valence-corrected chi connectivity index (χ2v) is 5.05. The fourth-order valence-electron chi connectivity index (χ4n) is 3.29. The highest BCUT2D eigenvalue weighted by Gasteiger charge is 2.63. The quantitative estimate of drug-likeness (QED) is 0.517. The van der Waals surface area contributed by atoms with E-state index in [-0.39, 0.29) is 36.0 Å². The van der Waals surface area contributed by atoms with E-state index in [1.807, 2.05) is 0 Å². The standard InChI is InChI=1S/C12H14O4/c1-5(2)11(13)15-9-6-3-7-8(4-6)12(14)16-10(7)9/h6-10H,1,3-4H2,2H3. The van der Waals surface area contributed by atoms with Crippen molar-refractivity contribution in [1.29, 1.82) is 0 Å². The van der Waals surface area contributed by atoms with Gasteiger partial charge in [-0.15, -0.1) is 0 Å². The fourth-order valence-corrected chi connectivity index (χ4v) is 3.29. The first-order valence-corrected chi connectivity index (χ1v) is 5.65. The summed E-state index contributed by atoms with van der Waals surface area (Å²) in [4.78, 5) is 22.9. The van der Waals surface area contributed by atoms with Crippen molar-refractivity contribution in [2.45, 2.75) is 32.0 Å². The summed E-state index contributed by atoms with van der Waals surface area (Å²) in [5.41, 5.74) is 0.392. The molecule has 5 unspecified atom stereocenters. The molecule has 2 saturated carbocycles. The van der Waals surface area contributed by atoms with Crippen molar-refractivity contribution in [2.24, 2.45) is 17.8 Å². The van der Waals surface area contributed by atoms with E-state index >= 15 is 0 Å². The summed E-state index contributed by atoms with van der Waals surface area (Å²) in [6.45, 7) is 5.18. The summed E-state index contributed by atoms with van der Waals surface area (Å²) in [6, 6.07) is 0. The molecule has 4 heteroatoms. The van der Waals surface area contributed by atoms with E-state index in [0.29, 0.717) is 11.5 Å². The molecule has 3 rings (SSSR count). The second-order valence-electron chi connectivity index (χ2n) is 5.05. The first kappa shape index (κ1) is 9.87. The minimum absolute atomic E-state index is 0.0646. The monoisotopic (exact) mass is 222 g/mol. The third kappa shape index (κ3) is 1.16. The molecule has 1 saturated heterocycles. The van der Waals surface area contributed by atoms with Gasteiger partial charge in [-0.1, -0.05) is 6.58 Å². The average Bonchev–Trinajstić information content (AvgIpc) is 2.81. The summed E-state index contributed by atoms with van der Waals surface area (Å²) < 4.78 is 10.7. The van der Waals surface area contributed by atoms with Gasteiger partial charge in [0, 0.05) is 17.4 Å². The van der Waals surface area contributed by atoms with Crippen molar-refractivity contribution < 1.29 is 19.1 Å². The van der Waals surface area contributed by atoms with Gasteiger partial charge in [0.1, 0.15) is 12.2 Å². The molecule has 86 valence electrons. The SMILES string of the molecule is C=C(C)C(=O)OC1C2CC3C(=O)OC1C3C2. The molecule has 0 spiro atoms. The van der Waals surface area contributed by atoms with E-state index in [2.05, 4.69) is 6.58 Å². The van der Waals surface area contributed by atoms with Gasteiger partial charge in [-0.05, 0) is 19.8 Å². The van der Waals surface area contributed by atoms with Crippen LogP contribution in [0, 0.1) is 17.8 Å². The molecule has 2 aliphatic carbocycles. The van der Waals surface area contributed by atoms with Crippen molar-refractivity contribution in [3.63, 3.8) is 0 Å². The highest BCUT2D eigenvalue weighted by atomic mass is 16.6. The molecule has 3 fully saturated rings. The predicted molar refractivity (Wildman–Crippen MR) is 54.3 cm³/mol. The predicted octanol–water partition coefficient (Wildman–Crippen LogP) is 1.06. The molecule has 0 aromatic rings. The number of ether oxygens (including phenoxy) is 2. The van der Waals surface area contributed by atoms with Crippen LogP contribution in [0.5, 0.6) is 0 Å². The summed E-state index contributed by atoms with van der Waals surface area (Å²) in [5.74, 6) is 0.161. The van der Waals surface area contributed by atoms with E-state index in [1.54, 1.807) is 6.92 Å². The van der Waals surface area contributed by atoms with Crippen molar-refractivity contribution in [2.75, 3.05) is 0 Å². The number of rotatable bonds is 2. The molecule has 3 aliphatic rings. The van der Waals surface area contributed by atoms with Crippen molar-refractivity contribution in [3.8, 4) is 0 Å². The van der Waals surface area contributed by atoms with Crippen LogP contribution in [-0.4, -0.2) is 24.1 Å². The Morgan fingerprint density at radius 1 is 1.50 bits per heavy atom. The Labute approximate surface area is 93.6 Å². The van der Waals surface area contributed by atoms with Crippen LogP contribution in [0.15, 0.2) is 12.2 Å². The lowest BCUT2D eigenvalue weighted by Crippen LogP contribution is -2.36. The van der Waals surface area contributed by atoms with Gasteiger partial charge in [0.05, 0.1) is 5.92 Å². The molecule has 4 nitrogen and oxygen atoms in total. The van der Waals surface area contributed by atoms with Crippen molar-refractivity contribution in [3.05, 3.63) is 12.2 Å².